The third kappa shape index (κ3) is 4.85. The van der Waals surface area contributed by atoms with Gasteiger partial charge in [0.1, 0.15) is 0 Å². The van der Waals surface area contributed by atoms with Gasteiger partial charge in [0.25, 0.3) is 5.56 Å². The Kier molecular flexibility index (Phi) is 5.97. The summed E-state index contributed by atoms with van der Waals surface area (Å²) in [6, 6.07) is 1.64. The van der Waals surface area contributed by atoms with Gasteiger partial charge in [-0.2, -0.15) is 0 Å². The van der Waals surface area contributed by atoms with Crippen molar-refractivity contribution in [1.29, 1.82) is 0 Å². The minimum absolute atomic E-state index is 0.147. The van der Waals surface area contributed by atoms with Crippen LogP contribution in [0.15, 0.2) is 10.9 Å². The zero-order chi connectivity index (χ0) is 15.9. The van der Waals surface area contributed by atoms with E-state index in [0.717, 1.165) is 44.1 Å². The summed E-state index contributed by atoms with van der Waals surface area (Å²) in [5, 5.41) is 5.53. The van der Waals surface area contributed by atoms with Crippen molar-refractivity contribution in [2.75, 3.05) is 39.4 Å². The first-order valence-electron chi connectivity index (χ1n) is 7.57. The van der Waals surface area contributed by atoms with E-state index in [1.807, 2.05) is 19.9 Å². The van der Waals surface area contributed by atoms with Crippen molar-refractivity contribution in [1.82, 2.24) is 20.5 Å². The zero-order valence-electron chi connectivity index (χ0n) is 13.2. The van der Waals surface area contributed by atoms with Crippen molar-refractivity contribution < 1.29 is 9.53 Å². The number of amides is 2. The minimum atomic E-state index is -0.257. The maximum atomic E-state index is 11.8. The normalized spacial score (nSPS) is 15.5. The number of nitrogens with zero attached hydrogens (tertiary/aromatic N) is 1. The van der Waals surface area contributed by atoms with Gasteiger partial charge in [0.15, 0.2) is 0 Å². The third-order valence-corrected chi connectivity index (χ3v) is 3.74. The van der Waals surface area contributed by atoms with E-state index in [0.29, 0.717) is 12.1 Å². The summed E-state index contributed by atoms with van der Waals surface area (Å²) in [5.74, 6) is 0. The molecule has 0 radical (unpaired) electrons. The second-order valence-corrected chi connectivity index (χ2v) is 5.51. The van der Waals surface area contributed by atoms with Crippen molar-refractivity contribution in [2.24, 2.45) is 0 Å². The molecule has 0 aromatic carbocycles. The second-order valence-electron chi connectivity index (χ2n) is 5.51. The number of hydrogen-bond acceptors (Lipinski definition) is 4. The fourth-order valence-corrected chi connectivity index (χ4v) is 2.48. The molecule has 122 valence electrons. The van der Waals surface area contributed by atoms with Gasteiger partial charge < -0.3 is 20.4 Å². The molecule has 7 heteroatoms. The lowest BCUT2D eigenvalue weighted by molar-refractivity contribution is 0.0387. The van der Waals surface area contributed by atoms with Crippen LogP contribution in [-0.4, -0.2) is 55.3 Å². The van der Waals surface area contributed by atoms with Crippen LogP contribution < -0.4 is 16.2 Å². The molecule has 0 spiro atoms. The van der Waals surface area contributed by atoms with Crippen molar-refractivity contribution in [2.45, 2.75) is 20.4 Å². The molecule has 2 amide bonds. The van der Waals surface area contributed by atoms with E-state index in [-0.39, 0.29) is 18.1 Å². The summed E-state index contributed by atoms with van der Waals surface area (Å²) in [6.07, 6.45) is 0. The van der Waals surface area contributed by atoms with Gasteiger partial charge in [-0.05, 0) is 25.5 Å². The molecule has 1 aromatic heterocycles. The lowest BCUT2D eigenvalue weighted by atomic mass is 10.1. The standard InChI is InChI=1S/C15H24N4O3/c1-11-9-12(2)18-14(20)13(11)10-17-15(21)16-3-4-19-5-7-22-8-6-19/h9H,3-8,10H2,1-2H3,(H,18,20)(H2,16,17,21). The molecule has 1 aromatic rings. The Morgan fingerprint density at radius 3 is 2.73 bits per heavy atom. The molecule has 1 aliphatic rings. The van der Waals surface area contributed by atoms with Gasteiger partial charge in [0, 0.05) is 37.4 Å². The van der Waals surface area contributed by atoms with Gasteiger partial charge in [-0.1, -0.05) is 0 Å². The van der Waals surface area contributed by atoms with E-state index in [2.05, 4.69) is 20.5 Å². The Morgan fingerprint density at radius 1 is 1.32 bits per heavy atom. The number of carbonyl (C=O) groups excluding carboxylic acids is 1. The van der Waals surface area contributed by atoms with Gasteiger partial charge >= 0.3 is 6.03 Å². The van der Waals surface area contributed by atoms with E-state index in [9.17, 15) is 9.59 Å². The predicted molar refractivity (Wildman–Crippen MR) is 84.0 cm³/mol. The molecule has 0 bridgehead atoms. The number of nitrogens with one attached hydrogen (secondary N) is 3. The number of carbonyl (C=O) groups is 1. The number of aromatic amines is 1. The van der Waals surface area contributed by atoms with Gasteiger partial charge in [-0.3, -0.25) is 9.69 Å². The van der Waals surface area contributed by atoms with Crippen LogP contribution in [0.4, 0.5) is 4.79 Å². The average molecular weight is 308 g/mol. The zero-order valence-corrected chi connectivity index (χ0v) is 13.2. The maximum absolute atomic E-state index is 11.8. The molecule has 2 rings (SSSR count). The molecule has 1 fully saturated rings. The quantitative estimate of drug-likeness (QED) is 0.721. The monoisotopic (exact) mass is 308 g/mol. The third-order valence-electron chi connectivity index (χ3n) is 3.74. The number of ether oxygens (including phenoxy) is 1. The van der Waals surface area contributed by atoms with Crippen molar-refractivity contribution >= 4 is 6.03 Å². The molecule has 1 aliphatic heterocycles. The summed E-state index contributed by atoms with van der Waals surface area (Å²) >= 11 is 0. The van der Waals surface area contributed by atoms with Crippen LogP contribution in [0, 0.1) is 13.8 Å². The smallest absolute Gasteiger partial charge is 0.315 e. The molecule has 2 heterocycles. The maximum Gasteiger partial charge on any atom is 0.315 e. The first kappa shape index (κ1) is 16.5. The van der Waals surface area contributed by atoms with Gasteiger partial charge in [0.2, 0.25) is 0 Å². The van der Waals surface area contributed by atoms with Crippen molar-refractivity contribution in [3.63, 3.8) is 0 Å². The lowest BCUT2D eigenvalue weighted by Crippen LogP contribution is -2.43. The van der Waals surface area contributed by atoms with Crippen molar-refractivity contribution in [3.8, 4) is 0 Å². The molecular weight excluding hydrogens is 284 g/mol. The number of rotatable bonds is 5. The Bertz CT molecular complexity index is 564. The first-order valence-corrected chi connectivity index (χ1v) is 7.57. The number of H-pyrrole nitrogens is 1. The summed E-state index contributed by atoms with van der Waals surface area (Å²) in [5.41, 5.74) is 2.15. The fraction of sp³-hybridized carbons (Fsp3) is 0.600. The highest BCUT2D eigenvalue weighted by Crippen LogP contribution is 2.02. The second kappa shape index (κ2) is 7.95. The Hall–Kier alpha value is -1.86. The van der Waals surface area contributed by atoms with Crippen LogP contribution in [-0.2, 0) is 11.3 Å². The Morgan fingerprint density at radius 2 is 2.05 bits per heavy atom. The number of aromatic nitrogens is 1. The summed E-state index contributed by atoms with van der Waals surface area (Å²) < 4.78 is 5.27. The summed E-state index contributed by atoms with van der Waals surface area (Å²) in [6.45, 7) is 8.63. The van der Waals surface area contributed by atoms with E-state index >= 15 is 0 Å². The number of urea groups is 1. The van der Waals surface area contributed by atoms with Crippen LogP contribution in [0.3, 0.4) is 0 Å². The van der Waals surface area contributed by atoms with Gasteiger partial charge in [-0.15, -0.1) is 0 Å². The number of morpholine rings is 1. The molecule has 0 unspecified atom stereocenters. The molecule has 0 atom stereocenters. The van der Waals surface area contributed by atoms with Crippen molar-refractivity contribution in [3.05, 3.63) is 33.2 Å². The molecule has 0 aliphatic carbocycles. The summed E-state index contributed by atoms with van der Waals surface area (Å²) in [4.78, 5) is 28.6. The van der Waals surface area contributed by atoms with E-state index in [1.165, 1.54) is 0 Å². The number of aryl methyl sites for hydroxylation is 2. The highest BCUT2D eigenvalue weighted by molar-refractivity contribution is 5.73. The van der Waals surface area contributed by atoms with Gasteiger partial charge in [-0.25, -0.2) is 4.79 Å². The average Bonchev–Trinajstić information content (AvgIpc) is 2.47. The van der Waals surface area contributed by atoms with Gasteiger partial charge in [0.05, 0.1) is 19.8 Å². The van der Waals surface area contributed by atoms with Crippen LogP contribution in [0.5, 0.6) is 0 Å². The minimum Gasteiger partial charge on any atom is -0.379 e. The fourth-order valence-electron chi connectivity index (χ4n) is 2.48. The predicted octanol–water partition coefficient (Wildman–Crippen LogP) is 0.123. The van der Waals surface area contributed by atoms with Crippen LogP contribution in [0.25, 0.3) is 0 Å². The number of pyridine rings is 1. The van der Waals surface area contributed by atoms with Crippen LogP contribution in [0.1, 0.15) is 16.8 Å². The molecule has 0 saturated carbocycles. The molecule has 22 heavy (non-hydrogen) atoms. The topological polar surface area (TPSA) is 86.5 Å². The van der Waals surface area contributed by atoms with Crippen LogP contribution >= 0.6 is 0 Å². The van der Waals surface area contributed by atoms with E-state index in [1.54, 1.807) is 0 Å². The van der Waals surface area contributed by atoms with Crippen LogP contribution in [0.2, 0.25) is 0 Å². The van der Waals surface area contributed by atoms with E-state index in [4.69, 9.17) is 4.74 Å². The molecular formula is C15H24N4O3. The molecule has 7 nitrogen and oxygen atoms in total. The Balaban J connectivity index is 1.72. The Labute approximate surface area is 130 Å². The highest BCUT2D eigenvalue weighted by atomic mass is 16.5. The largest absolute Gasteiger partial charge is 0.379 e. The molecule has 3 N–H and O–H groups in total. The lowest BCUT2D eigenvalue weighted by Gasteiger charge is -2.26. The van der Waals surface area contributed by atoms with E-state index < -0.39 is 0 Å². The highest BCUT2D eigenvalue weighted by Gasteiger charge is 2.10. The summed E-state index contributed by atoms with van der Waals surface area (Å²) in [7, 11) is 0. The first-order chi connectivity index (χ1) is 10.6. The SMILES string of the molecule is Cc1cc(C)c(CNC(=O)NCCN2CCOCC2)c(=O)[nH]1. The molecule has 1 saturated heterocycles. The number of hydrogen-bond donors (Lipinski definition) is 3.